The topological polar surface area (TPSA) is 54.9 Å². The van der Waals surface area contributed by atoms with Crippen molar-refractivity contribution in [1.82, 2.24) is 15.3 Å². The second-order valence-corrected chi connectivity index (χ2v) is 3.58. The number of hydrogen-bond acceptors (Lipinski definition) is 4. The van der Waals surface area contributed by atoms with Crippen LogP contribution in [-0.4, -0.2) is 28.8 Å². The Kier molecular flexibility index (Phi) is 2.84. The molecule has 1 saturated heterocycles. The first kappa shape index (κ1) is 9.27. The van der Waals surface area contributed by atoms with Crippen molar-refractivity contribution in [2.45, 2.75) is 12.8 Å². The molecule has 0 aromatic carbocycles. The van der Waals surface area contributed by atoms with E-state index in [-0.39, 0.29) is 5.78 Å². The molecule has 0 aliphatic carbocycles. The van der Waals surface area contributed by atoms with E-state index >= 15 is 0 Å². The Morgan fingerprint density at radius 3 is 3.14 bits per heavy atom. The Bertz CT molecular complexity index is 306. The Morgan fingerprint density at radius 2 is 2.50 bits per heavy atom. The van der Waals surface area contributed by atoms with Crippen LogP contribution < -0.4 is 5.32 Å². The Balaban J connectivity index is 1.95. The normalized spacial score (nSPS) is 21.0. The van der Waals surface area contributed by atoms with Crippen LogP contribution in [0.2, 0.25) is 0 Å². The standard InChI is InChI=1S/C10H13N3O/c14-10(5-8-1-2-11-6-8)9-7-12-3-4-13-9/h3-4,7-8,11H,1-2,5-6H2. The zero-order valence-corrected chi connectivity index (χ0v) is 7.94. The number of carbonyl (C=O) groups is 1. The molecule has 2 heterocycles. The third-order valence-electron chi connectivity index (χ3n) is 2.49. The van der Waals surface area contributed by atoms with E-state index in [1.165, 1.54) is 6.20 Å². The molecule has 1 fully saturated rings. The predicted molar refractivity (Wildman–Crippen MR) is 52.0 cm³/mol. The van der Waals surface area contributed by atoms with Gasteiger partial charge in [0.1, 0.15) is 5.69 Å². The Hall–Kier alpha value is -1.29. The number of nitrogens with zero attached hydrogens (tertiary/aromatic N) is 2. The van der Waals surface area contributed by atoms with Crippen LogP contribution in [0.5, 0.6) is 0 Å². The summed E-state index contributed by atoms with van der Waals surface area (Å²) >= 11 is 0. The van der Waals surface area contributed by atoms with E-state index in [0.717, 1.165) is 19.5 Å². The molecule has 4 heteroatoms. The molecule has 0 amide bonds. The molecule has 0 saturated carbocycles. The molecule has 0 radical (unpaired) electrons. The van der Waals surface area contributed by atoms with Crippen molar-refractivity contribution in [2.75, 3.05) is 13.1 Å². The summed E-state index contributed by atoms with van der Waals surface area (Å²) in [5.74, 6) is 0.580. The average molecular weight is 191 g/mol. The van der Waals surface area contributed by atoms with Gasteiger partial charge in [-0.1, -0.05) is 0 Å². The lowest BCUT2D eigenvalue weighted by atomic mass is 10.0. The summed E-state index contributed by atoms with van der Waals surface area (Å²) in [7, 11) is 0. The van der Waals surface area contributed by atoms with Crippen molar-refractivity contribution in [1.29, 1.82) is 0 Å². The molecule has 14 heavy (non-hydrogen) atoms. The molecule has 0 spiro atoms. The number of rotatable bonds is 3. The van der Waals surface area contributed by atoms with E-state index in [9.17, 15) is 4.79 Å². The number of aromatic nitrogens is 2. The SMILES string of the molecule is O=C(CC1CCNC1)c1cnccn1. The maximum Gasteiger partial charge on any atom is 0.183 e. The highest BCUT2D eigenvalue weighted by Crippen LogP contribution is 2.14. The van der Waals surface area contributed by atoms with E-state index in [1.807, 2.05) is 0 Å². The maximum absolute atomic E-state index is 11.7. The van der Waals surface area contributed by atoms with Gasteiger partial charge >= 0.3 is 0 Å². The molecule has 2 rings (SSSR count). The minimum Gasteiger partial charge on any atom is -0.316 e. The van der Waals surface area contributed by atoms with Crippen molar-refractivity contribution >= 4 is 5.78 Å². The number of ketones is 1. The van der Waals surface area contributed by atoms with E-state index in [1.54, 1.807) is 12.4 Å². The molecule has 1 unspecified atom stereocenters. The monoisotopic (exact) mass is 191 g/mol. The van der Waals surface area contributed by atoms with Crippen molar-refractivity contribution in [3.63, 3.8) is 0 Å². The van der Waals surface area contributed by atoms with E-state index in [0.29, 0.717) is 18.0 Å². The van der Waals surface area contributed by atoms with Gasteiger partial charge in [0.05, 0.1) is 6.20 Å². The first-order valence-electron chi connectivity index (χ1n) is 4.86. The highest BCUT2D eigenvalue weighted by atomic mass is 16.1. The second-order valence-electron chi connectivity index (χ2n) is 3.58. The minimum atomic E-state index is 0.104. The zero-order chi connectivity index (χ0) is 9.80. The van der Waals surface area contributed by atoms with Crippen LogP contribution in [0, 0.1) is 5.92 Å². The van der Waals surface area contributed by atoms with Crippen molar-refractivity contribution in [3.8, 4) is 0 Å². The van der Waals surface area contributed by atoms with Gasteiger partial charge in [-0.15, -0.1) is 0 Å². The highest BCUT2D eigenvalue weighted by molar-refractivity contribution is 5.94. The molecule has 4 nitrogen and oxygen atoms in total. The maximum atomic E-state index is 11.7. The lowest BCUT2D eigenvalue weighted by molar-refractivity contribution is 0.0959. The van der Waals surface area contributed by atoms with Crippen molar-refractivity contribution in [3.05, 3.63) is 24.3 Å². The van der Waals surface area contributed by atoms with Crippen molar-refractivity contribution in [2.24, 2.45) is 5.92 Å². The minimum absolute atomic E-state index is 0.104. The average Bonchev–Trinajstić information content (AvgIpc) is 2.72. The van der Waals surface area contributed by atoms with Gasteiger partial charge in [0.2, 0.25) is 0 Å². The Labute approximate surface area is 82.8 Å². The van der Waals surface area contributed by atoms with E-state index < -0.39 is 0 Å². The quantitative estimate of drug-likeness (QED) is 0.713. The molecule has 1 atom stereocenters. The van der Waals surface area contributed by atoms with Crippen LogP contribution in [0.4, 0.5) is 0 Å². The fourth-order valence-corrected chi connectivity index (χ4v) is 1.70. The molecule has 74 valence electrons. The lowest BCUT2D eigenvalue weighted by Crippen LogP contribution is -2.13. The summed E-state index contributed by atoms with van der Waals surface area (Å²) in [6, 6.07) is 0. The van der Waals surface area contributed by atoms with Gasteiger partial charge < -0.3 is 5.32 Å². The van der Waals surface area contributed by atoms with Crippen LogP contribution in [0.3, 0.4) is 0 Å². The fraction of sp³-hybridized carbons (Fsp3) is 0.500. The van der Waals surface area contributed by atoms with Gasteiger partial charge in [-0.05, 0) is 25.4 Å². The fourth-order valence-electron chi connectivity index (χ4n) is 1.70. The molecule has 1 N–H and O–H groups in total. The molecular weight excluding hydrogens is 178 g/mol. The Morgan fingerprint density at radius 1 is 1.57 bits per heavy atom. The molecule has 1 aliphatic heterocycles. The number of hydrogen-bond donors (Lipinski definition) is 1. The van der Waals surface area contributed by atoms with E-state index in [2.05, 4.69) is 15.3 Å². The van der Waals surface area contributed by atoms with E-state index in [4.69, 9.17) is 0 Å². The summed E-state index contributed by atoms with van der Waals surface area (Å²) in [4.78, 5) is 19.5. The van der Waals surface area contributed by atoms with Crippen LogP contribution >= 0.6 is 0 Å². The highest BCUT2D eigenvalue weighted by Gasteiger charge is 2.19. The van der Waals surface area contributed by atoms with Gasteiger partial charge in [-0.3, -0.25) is 9.78 Å². The molecule has 1 aliphatic rings. The lowest BCUT2D eigenvalue weighted by Gasteiger charge is -2.05. The van der Waals surface area contributed by atoms with Gasteiger partial charge in [-0.25, -0.2) is 4.98 Å². The summed E-state index contributed by atoms with van der Waals surface area (Å²) in [6.07, 6.45) is 6.34. The summed E-state index contributed by atoms with van der Waals surface area (Å²) < 4.78 is 0. The van der Waals surface area contributed by atoms with Crippen LogP contribution in [0.1, 0.15) is 23.3 Å². The second kappa shape index (κ2) is 4.28. The smallest absolute Gasteiger partial charge is 0.183 e. The predicted octanol–water partition coefficient (Wildman–Crippen LogP) is 0.659. The largest absolute Gasteiger partial charge is 0.316 e. The first-order valence-corrected chi connectivity index (χ1v) is 4.86. The number of nitrogens with one attached hydrogen (secondary N) is 1. The van der Waals surface area contributed by atoms with Crippen molar-refractivity contribution < 1.29 is 4.79 Å². The molecular formula is C10H13N3O. The third kappa shape index (κ3) is 2.14. The molecule has 1 aromatic rings. The number of carbonyl (C=O) groups excluding carboxylic acids is 1. The van der Waals surface area contributed by atoms with Gasteiger partial charge in [0.25, 0.3) is 0 Å². The molecule has 1 aromatic heterocycles. The zero-order valence-electron chi connectivity index (χ0n) is 7.94. The van der Waals surface area contributed by atoms with Gasteiger partial charge in [-0.2, -0.15) is 0 Å². The summed E-state index contributed by atoms with van der Waals surface area (Å²) in [5.41, 5.74) is 0.486. The van der Waals surface area contributed by atoms with Crippen LogP contribution in [0.25, 0.3) is 0 Å². The van der Waals surface area contributed by atoms with Gasteiger partial charge in [0.15, 0.2) is 5.78 Å². The first-order chi connectivity index (χ1) is 6.86. The van der Waals surface area contributed by atoms with Gasteiger partial charge in [0, 0.05) is 18.8 Å². The summed E-state index contributed by atoms with van der Waals surface area (Å²) in [6.45, 7) is 1.98. The van der Waals surface area contributed by atoms with Crippen LogP contribution in [-0.2, 0) is 0 Å². The number of Topliss-reactive ketones (excluding diaryl/α,β-unsaturated/α-hetero) is 1. The van der Waals surface area contributed by atoms with Crippen LogP contribution in [0.15, 0.2) is 18.6 Å². The third-order valence-corrected chi connectivity index (χ3v) is 2.49. The molecule has 0 bridgehead atoms. The summed E-state index contributed by atoms with van der Waals surface area (Å²) in [5, 5.41) is 3.24.